The van der Waals surface area contributed by atoms with E-state index in [0.29, 0.717) is 17.3 Å². The van der Waals surface area contributed by atoms with Gasteiger partial charge >= 0.3 is 0 Å². The maximum atomic E-state index is 12.3. The summed E-state index contributed by atoms with van der Waals surface area (Å²) in [6.45, 7) is 4.53. The number of nitrogens with zero attached hydrogens (tertiary/aromatic N) is 1. The summed E-state index contributed by atoms with van der Waals surface area (Å²) in [4.78, 5) is 12.3. The van der Waals surface area contributed by atoms with E-state index in [-0.39, 0.29) is 5.57 Å². The molecule has 0 radical (unpaired) electrons. The third-order valence-corrected chi connectivity index (χ3v) is 4.19. The Morgan fingerprint density at radius 2 is 1.92 bits per heavy atom. The molecule has 2 rings (SSSR count). The first-order chi connectivity index (χ1) is 12.0. The van der Waals surface area contributed by atoms with Gasteiger partial charge in [0.05, 0.1) is 0 Å². The van der Waals surface area contributed by atoms with E-state index in [1.807, 2.05) is 62.4 Å². The van der Waals surface area contributed by atoms with Crippen LogP contribution < -0.4 is 10.6 Å². The van der Waals surface area contributed by atoms with Crippen LogP contribution in [0.2, 0.25) is 5.02 Å². The van der Waals surface area contributed by atoms with E-state index in [2.05, 4.69) is 10.6 Å². The zero-order valence-corrected chi connectivity index (χ0v) is 15.0. The molecule has 25 heavy (non-hydrogen) atoms. The Kier molecular flexibility index (Phi) is 6.62. The van der Waals surface area contributed by atoms with Crippen LogP contribution >= 0.6 is 11.6 Å². The van der Waals surface area contributed by atoms with Gasteiger partial charge in [0.1, 0.15) is 11.6 Å². The lowest BCUT2D eigenvalue weighted by molar-refractivity contribution is -0.112. The second-order valence-corrected chi connectivity index (χ2v) is 6.14. The molecule has 0 fully saturated rings. The van der Waals surface area contributed by atoms with Gasteiger partial charge in [0.25, 0.3) is 5.91 Å². The van der Waals surface area contributed by atoms with Crippen molar-refractivity contribution >= 4 is 23.2 Å². The fourth-order valence-electron chi connectivity index (χ4n) is 2.27. The Labute approximate surface area is 153 Å². The second kappa shape index (κ2) is 8.91. The third-order valence-electron chi connectivity index (χ3n) is 3.94. The average Bonchev–Trinajstić information content (AvgIpc) is 2.60. The first kappa shape index (κ1) is 18.6. The summed E-state index contributed by atoms with van der Waals surface area (Å²) in [6.07, 6.45) is 2.22. The maximum Gasteiger partial charge on any atom is 0.267 e. The first-order valence-corrected chi connectivity index (χ1v) is 8.34. The molecule has 0 unspecified atom stereocenters. The predicted octanol–water partition coefficient (Wildman–Crippen LogP) is 4.14. The highest BCUT2D eigenvalue weighted by Gasteiger charge is 2.11. The molecular formula is C20H20ClN3O. The summed E-state index contributed by atoms with van der Waals surface area (Å²) in [5.41, 5.74) is 3.96. The van der Waals surface area contributed by atoms with Crippen molar-refractivity contribution in [1.29, 1.82) is 5.26 Å². The van der Waals surface area contributed by atoms with Gasteiger partial charge in [0, 0.05) is 23.5 Å². The van der Waals surface area contributed by atoms with Gasteiger partial charge in [0.2, 0.25) is 0 Å². The molecule has 0 aliphatic rings. The monoisotopic (exact) mass is 353 g/mol. The molecule has 2 N–H and O–H groups in total. The summed E-state index contributed by atoms with van der Waals surface area (Å²) < 4.78 is 0. The van der Waals surface area contributed by atoms with Crippen molar-refractivity contribution in [1.82, 2.24) is 5.32 Å². The number of anilines is 1. The first-order valence-electron chi connectivity index (χ1n) is 7.97. The van der Waals surface area contributed by atoms with E-state index < -0.39 is 5.91 Å². The lowest BCUT2D eigenvalue weighted by atomic mass is 10.1. The van der Waals surface area contributed by atoms with Crippen molar-refractivity contribution in [2.75, 3.05) is 11.9 Å². The minimum absolute atomic E-state index is 0.0389. The molecule has 5 heteroatoms. The highest BCUT2D eigenvalue weighted by atomic mass is 35.5. The number of carbonyl (C=O) groups excluding carboxylic acids is 1. The van der Waals surface area contributed by atoms with E-state index in [0.717, 1.165) is 23.1 Å². The predicted molar refractivity (Wildman–Crippen MR) is 101 cm³/mol. The Morgan fingerprint density at radius 1 is 1.20 bits per heavy atom. The fraction of sp³-hybridized carbons (Fsp3) is 0.200. The molecule has 2 aromatic rings. The Hall–Kier alpha value is -2.77. The van der Waals surface area contributed by atoms with Gasteiger partial charge in [-0.15, -0.1) is 0 Å². The topological polar surface area (TPSA) is 64.9 Å². The summed E-state index contributed by atoms with van der Waals surface area (Å²) >= 11 is 5.85. The van der Waals surface area contributed by atoms with Crippen LogP contribution in [-0.4, -0.2) is 12.5 Å². The molecule has 0 aliphatic heterocycles. The fourth-order valence-corrected chi connectivity index (χ4v) is 2.39. The highest BCUT2D eigenvalue weighted by Crippen LogP contribution is 2.18. The molecule has 1 amide bonds. The van der Waals surface area contributed by atoms with Crippen LogP contribution in [0.1, 0.15) is 16.7 Å². The van der Waals surface area contributed by atoms with Gasteiger partial charge in [-0.3, -0.25) is 4.79 Å². The lowest BCUT2D eigenvalue weighted by Crippen LogP contribution is -2.18. The molecule has 0 spiro atoms. The Bertz CT molecular complexity index is 820. The second-order valence-electron chi connectivity index (χ2n) is 5.70. The van der Waals surface area contributed by atoms with E-state index in [1.165, 1.54) is 6.20 Å². The van der Waals surface area contributed by atoms with Gasteiger partial charge in [-0.2, -0.15) is 5.26 Å². The minimum atomic E-state index is -0.421. The van der Waals surface area contributed by atoms with Crippen LogP contribution in [-0.2, 0) is 11.2 Å². The lowest BCUT2D eigenvalue weighted by Gasteiger charge is -2.10. The molecule has 4 nitrogen and oxygen atoms in total. The Morgan fingerprint density at radius 3 is 2.60 bits per heavy atom. The van der Waals surface area contributed by atoms with Crippen molar-refractivity contribution < 1.29 is 4.79 Å². The zero-order chi connectivity index (χ0) is 18.2. The summed E-state index contributed by atoms with van der Waals surface area (Å²) in [6, 6.07) is 15.2. The summed E-state index contributed by atoms with van der Waals surface area (Å²) in [5, 5.41) is 15.7. The number of hydrogen-bond donors (Lipinski definition) is 2. The van der Waals surface area contributed by atoms with Crippen LogP contribution in [0.25, 0.3) is 0 Å². The molecule has 0 aromatic heterocycles. The highest BCUT2D eigenvalue weighted by molar-refractivity contribution is 6.30. The summed E-state index contributed by atoms with van der Waals surface area (Å²) in [7, 11) is 0. The van der Waals surface area contributed by atoms with Gasteiger partial charge in [-0.1, -0.05) is 35.9 Å². The van der Waals surface area contributed by atoms with Crippen molar-refractivity contribution in [2.45, 2.75) is 20.3 Å². The van der Waals surface area contributed by atoms with Crippen LogP contribution in [0.4, 0.5) is 5.69 Å². The number of benzene rings is 2. The van der Waals surface area contributed by atoms with Crippen molar-refractivity contribution in [3.63, 3.8) is 0 Å². The van der Waals surface area contributed by atoms with Crippen LogP contribution in [0, 0.1) is 25.2 Å². The van der Waals surface area contributed by atoms with Gasteiger partial charge in [-0.25, -0.2) is 0 Å². The quantitative estimate of drug-likeness (QED) is 0.466. The molecular weight excluding hydrogens is 334 g/mol. The molecule has 0 heterocycles. The average molecular weight is 354 g/mol. The van der Waals surface area contributed by atoms with Crippen molar-refractivity contribution in [3.8, 4) is 6.07 Å². The zero-order valence-electron chi connectivity index (χ0n) is 14.3. The number of amides is 1. The van der Waals surface area contributed by atoms with Crippen molar-refractivity contribution in [3.05, 3.63) is 76.0 Å². The van der Waals surface area contributed by atoms with Gasteiger partial charge in [-0.05, 0) is 55.2 Å². The summed E-state index contributed by atoms with van der Waals surface area (Å²) in [5.74, 6) is -0.421. The van der Waals surface area contributed by atoms with Crippen LogP contribution in [0.15, 0.2) is 54.2 Å². The molecule has 0 bridgehead atoms. The SMILES string of the molecule is Cc1cccc(NC(=O)/C(C#N)=C\NCCc2ccc(Cl)cc2)c1C. The normalized spacial score (nSPS) is 10.9. The number of hydrogen-bond acceptors (Lipinski definition) is 3. The van der Waals surface area contributed by atoms with Gasteiger partial charge in [0.15, 0.2) is 0 Å². The largest absolute Gasteiger partial charge is 0.389 e. The van der Waals surface area contributed by atoms with E-state index in [9.17, 15) is 10.1 Å². The Balaban J connectivity index is 1.92. The van der Waals surface area contributed by atoms with E-state index >= 15 is 0 Å². The number of aryl methyl sites for hydroxylation is 1. The minimum Gasteiger partial charge on any atom is -0.389 e. The smallest absolute Gasteiger partial charge is 0.267 e. The van der Waals surface area contributed by atoms with Crippen LogP contribution in [0.3, 0.4) is 0 Å². The number of rotatable bonds is 6. The van der Waals surface area contributed by atoms with Crippen molar-refractivity contribution in [2.24, 2.45) is 0 Å². The molecule has 0 atom stereocenters. The molecule has 0 saturated heterocycles. The van der Waals surface area contributed by atoms with E-state index in [4.69, 9.17) is 11.6 Å². The number of halogens is 1. The third kappa shape index (κ3) is 5.37. The standard InChI is InChI=1S/C20H20ClN3O/c1-14-4-3-5-19(15(14)2)24-20(25)17(12-22)13-23-11-10-16-6-8-18(21)9-7-16/h3-9,13,23H,10-11H2,1-2H3,(H,24,25)/b17-13-. The van der Waals surface area contributed by atoms with Crippen LogP contribution in [0.5, 0.6) is 0 Å². The molecule has 128 valence electrons. The molecule has 0 saturated carbocycles. The molecule has 0 aliphatic carbocycles. The number of nitriles is 1. The number of carbonyl (C=O) groups is 1. The maximum absolute atomic E-state index is 12.3. The number of nitrogens with one attached hydrogen (secondary N) is 2. The van der Waals surface area contributed by atoms with Gasteiger partial charge < -0.3 is 10.6 Å². The molecule has 2 aromatic carbocycles. The van der Waals surface area contributed by atoms with E-state index in [1.54, 1.807) is 0 Å².